The van der Waals surface area contributed by atoms with Crippen LogP contribution in [0.1, 0.15) is 12.5 Å². The summed E-state index contributed by atoms with van der Waals surface area (Å²) in [6.45, 7) is 5.97. The SMILES string of the molecule is CCOc1ncnc(N2CCN(Cc3ccccc3)CC2)c1[N+](=O)[O-]. The van der Waals surface area contributed by atoms with Gasteiger partial charge >= 0.3 is 5.69 Å². The van der Waals surface area contributed by atoms with E-state index in [9.17, 15) is 10.1 Å². The third kappa shape index (κ3) is 4.03. The van der Waals surface area contributed by atoms with Crippen LogP contribution < -0.4 is 9.64 Å². The van der Waals surface area contributed by atoms with Crippen LogP contribution in [-0.2, 0) is 6.54 Å². The highest BCUT2D eigenvalue weighted by Gasteiger charge is 2.30. The van der Waals surface area contributed by atoms with E-state index < -0.39 is 4.92 Å². The number of rotatable bonds is 6. The zero-order chi connectivity index (χ0) is 17.6. The molecule has 0 unspecified atom stereocenters. The van der Waals surface area contributed by atoms with Gasteiger partial charge in [0.25, 0.3) is 5.88 Å². The molecule has 2 heterocycles. The molecule has 0 N–H and O–H groups in total. The van der Waals surface area contributed by atoms with Crippen molar-refractivity contribution in [3.05, 3.63) is 52.3 Å². The van der Waals surface area contributed by atoms with Gasteiger partial charge in [0.2, 0.25) is 5.82 Å². The van der Waals surface area contributed by atoms with Crippen molar-refractivity contribution in [1.29, 1.82) is 0 Å². The summed E-state index contributed by atoms with van der Waals surface area (Å²) in [6, 6.07) is 10.3. The molecule has 2 aromatic rings. The number of hydrogen-bond donors (Lipinski definition) is 0. The lowest BCUT2D eigenvalue weighted by atomic mass is 10.2. The molecule has 8 nitrogen and oxygen atoms in total. The maximum Gasteiger partial charge on any atom is 0.372 e. The van der Waals surface area contributed by atoms with E-state index in [2.05, 4.69) is 27.0 Å². The molecular formula is C17H21N5O3. The molecule has 0 bridgehead atoms. The first-order valence-corrected chi connectivity index (χ1v) is 8.32. The molecule has 1 aliphatic rings. The molecule has 1 aliphatic heterocycles. The van der Waals surface area contributed by atoms with Crippen LogP contribution in [0.5, 0.6) is 5.88 Å². The van der Waals surface area contributed by atoms with Crippen molar-refractivity contribution in [2.24, 2.45) is 0 Å². The predicted octanol–water partition coefficient (Wildman–Crippen LogP) is 2.11. The van der Waals surface area contributed by atoms with Gasteiger partial charge in [-0.05, 0) is 12.5 Å². The number of ether oxygens (including phenoxy) is 1. The Morgan fingerprint density at radius 2 is 1.88 bits per heavy atom. The van der Waals surface area contributed by atoms with Crippen molar-refractivity contribution >= 4 is 11.5 Å². The molecule has 0 atom stereocenters. The van der Waals surface area contributed by atoms with Crippen LogP contribution in [0.25, 0.3) is 0 Å². The quantitative estimate of drug-likeness (QED) is 0.586. The largest absolute Gasteiger partial charge is 0.473 e. The third-order valence-electron chi connectivity index (χ3n) is 4.15. The van der Waals surface area contributed by atoms with E-state index in [0.29, 0.717) is 25.5 Å². The monoisotopic (exact) mass is 343 g/mol. The summed E-state index contributed by atoms with van der Waals surface area (Å²) in [6.07, 6.45) is 1.32. The Kier molecular flexibility index (Phi) is 5.39. The highest BCUT2D eigenvalue weighted by Crippen LogP contribution is 2.33. The zero-order valence-corrected chi connectivity index (χ0v) is 14.2. The summed E-state index contributed by atoms with van der Waals surface area (Å²) in [7, 11) is 0. The van der Waals surface area contributed by atoms with Crippen molar-refractivity contribution < 1.29 is 9.66 Å². The van der Waals surface area contributed by atoms with Gasteiger partial charge in [-0.1, -0.05) is 30.3 Å². The van der Waals surface area contributed by atoms with E-state index in [4.69, 9.17) is 4.74 Å². The Morgan fingerprint density at radius 1 is 1.16 bits per heavy atom. The van der Waals surface area contributed by atoms with Crippen LogP contribution in [0, 0.1) is 10.1 Å². The van der Waals surface area contributed by atoms with Gasteiger partial charge in [0, 0.05) is 32.7 Å². The number of nitro groups is 1. The van der Waals surface area contributed by atoms with Crippen LogP contribution >= 0.6 is 0 Å². The van der Waals surface area contributed by atoms with Crippen molar-refractivity contribution in [3.8, 4) is 5.88 Å². The van der Waals surface area contributed by atoms with Gasteiger partial charge in [0.05, 0.1) is 11.5 Å². The molecule has 0 aliphatic carbocycles. The zero-order valence-electron chi connectivity index (χ0n) is 14.2. The standard InChI is InChI=1S/C17H21N5O3/c1-2-25-17-15(22(23)24)16(18-13-19-17)21-10-8-20(9-11-21)12-14-6-4-3-5-7-14/h3-7,13H,2,8-12H2,1H3. The second kappa shape index (κ2) is 7.89. The number of hydrogen-bond acceptors (Lipinski definition) is 7. The molecule has 0 amide bonds. The summed E-state index contributed by atoms with van der Waals surface area (Å²) in [5.74, 6) is 0.368. The summed E-state index contributed by atoms with van der Waals surface area (Å²) in [4.78, 5) is 23.3. The average Bonchev–Trinajstić information content (AvgIpc) is 2.63. The Labute approximate surface area is 146 Å². The van der Waals surface area contributed by atoms with E-state index >= 15 is 0 Å². The van der Waals surface area contributed by atoms with Crippen LogP contribution in [0.15, 0.2) is 36.7 Å². The smallest absolute Gasteiger partial charge is 0.372 e. The van der Waals surface area contributed by atoms with Crippen LogP contribution in [0.4, 0.5) is 11.5 Å². The lowest BCUT2D eigenvalue weighted by Crippen LogP contribution is -2.46. The van der Waals surface area contributed by atoms with Crippen molar-refractivity contribution in [2.45, 2.75) is 13.5 Å². The number of nitrogens with zero attached hydrogens (tertiary/aromatic N) is 5. The molecular weight excluding hydrogens is 322 g/mol. The lowest BCUT2D eigenvalue weighted by molar-refractivity contribution is -0.385. The first-order valence-electron chi connectivity index (χ1n) is 8.32. The van der Waals surface area contributed by atoms with Gasteiger partial charge in [-0.15, -0.1) is 0 Å². The maximum absolute atomic E-state index is 11.5. The molecule has 0 spiro atoms. The molecule has 8 heteroatoms. The predicted molar refractivity (Wildman–Crippen MR) is 93.8 cm³/mol. The van der Waals surface area contributed by atoms with E-state index in [0.717, 1.165) is 19.6 Å². The summed E-state index contributed by atoms with van der Waals surface area (Å²) in [5, 5.41) is 11.5. The van der Waals surface area contributed by atoms with E-state index in [1.807, 2.05) is 23.1 Å². The van der Waals surface area contributed by atoms with Gasteiger partial charge in [0.15, 0.2) is 0 Å². The molecule has 0 radical (unpaired) electrons. The molecule has 132 valence electrons. The molecule has 1 fully saturated rings. The van der Waals surface area contributed by atoms with Crippen LogP contribution in [0.3, 0.4) is 0 Å². The molecule has 25 heavy (non-hydrogen) atoms. The van der Waals surface area contributed by atoms with E-state index in [-0.39, 0.29) is 11.6 Å². The van der Waals surface area contributed by atoms with Crippen molar-refractivity contribution in [1.82, 2.24) is 14.9 Å². The minimum atomic E-state index is -0.462. The van der Waals surface area contributed by atoms with E-state index in [1.54, 1.807) is 6.92 Å². The van der Waals surface area contributed by atoms with Crippen molar-refractivity contribution in [3.63, 3.8) is 0 Å². The third-order valence-corrected chi connectivity index (χ3v) is 4.15. The molecule has 1 aromatic carbocycles. The fourth-order valence-electron chi connectivity index (χ4n) is 2.95. The van der Waals surface area contributed by atoms with Crippen molar-refractivity contribution in [2.75, 3.05) is 37.7 Å². The Bertz CT molecular complexity index is 717. The van der Waals surface area contributed by atoms with Gasteiger partial charge in [0.1, 0.15) is 6.33 Å². The second-order valence-corrected chi connectivity index (χ2v) is 5.79. The second-order valence-electron chi connectivity index (χ2n) is 5.79. The number of anilines is 1. The maximum atomic E-state index is 11.5. The highest BCUT2D eigenvalue weighted by atomic mass is 16.6. The normalized spacial score (nSPS) is 15.2. The number of piperazine rings is 1. The van der Waals surface area contributed by atoms with Gasteiger partial charge in [-0.2, -0.15) is 4.98 Å². The van der Waals surface area contributed by atoms with Gasteiger partial charge in [-0.3, -0.25) is 15.0 Å². The van der Waals surface area contributed by atoms with Crippen LogP contribution in [-0.4, -0.2) is 52.6 Å². The summed E-state index contributed by atoms with van der Waals surface area (Å²) in [5.41, 5.74) is 1.11. The first kappa shape index (κ1) is 17.1. The van der Waals surface area contributed by atoms with Gasteiger partial charge < -0.3 is 9.64 Å². The fourth-order valence-corrected chi connectivity index (χ4v) is 2.95. The molecule has 3 rings (SSSR count). The number of aromatic nitrogens is 2. The summed E-state index contributed by atoms with van der Waals surface area (Å²) < 4.78 is 5.30. The minimum Gasteiger partial charge on any atom is -0.473 e. The van der Waals surface area contributed by atoms with Crippen LogP contribution in [0.2, 0.25) is 0 Å². The first-order chi connectivity index (χ1) is 12.2. The number of benzene rings is 1. The lowest BCUT2D eigenvalue weighted by Gasteiger charge is -2.35. The molecule has 1 aromatic heterocycles. The Balaban J connectivity index is 1.70. The molecule has 0 saturated carbocycles. The topological polar surface area (TPSA) is 84.6 Å². The Morgan fingerprint density at radius 3 is 2.52 bits per heavy atom. The Hall–Kier alpha value is -2.74. The summed E-state index contributed by atoms with van der Waals surface area (Å²) >= 11 is 0. The van der Waals surface area contributed by atoms with E-state index in [1.165, 1.54) is 11.9 Å². The average molecular weight is 343 g/mol. The molecule has 1 saturated heterocycles. The minimum absolute atomic E-state index is 0.0317. The fraction of sp³-hybridized carbons (Fsp3) is 0.412. The highest BCUT2D eigenvalue weighted by molar-refractivity contribution is 5.63. The van der Waals surface area contributed by atoms with Gasteiger partial charge in [-0.25, -0.2) is 4.98 Å².